The molecule has 2 heteroatoms. The molecule has 0 heterocycles. The molecular formula is C16H13BrO. The quantitative estimate of drug-likeness (QED) is 0.708. The van der Waals surface area contributed by atoms with Crippen molar-refractivity contribution in [3.63, 3.8) is 0 Å². The predicted molar refractivity (Wildman–Crippen MR) is 76.1 cm³/mol. The fourth-order valence-electron chi connectivity index (χ4n) is 2.78. The molecule has 0 unspecified atom stereocenters. The minimum absolute atomic E-state index is 0.118. The highest BCUT2D eigenvalue weighted by Crippen LogP contribution is 2.43. The van der Waals surface area contributed by atoms with Crippen LogP contribution in [-0.4, -0.2) is 5.78 Å². The van der Waals surface area contributed by atoms with Crippen molar-refractivity contribution < 1.29 is 4.79 Å². The first kappa shape index (κ1) is 11.7. The Morgan fingerprint density at radius 2 is 1.61 bits per heavy atom. The molecule has 0 fully saturated rings. The molecule has 0 saturated heterocycles. The van der Waals surface area contributed by atoms with Gasteiger partial charge in [-0.2, -0.15) is 0 Å². The van der Waals surface area contributed by atoms with Crippen LogP contribution in [0.3, 0.4) is 0 Å². The van der Waals surface area contributed by atoms with E-state index in [1.54, 1.807) is 0 Å². The van der Waals surface area contributed by atoms with Crippen molar-refractivity contribution in [1.29, 1.82) is 0 Å². The molecule has 1 nitrogen and oxygen atoms in total. The van der Waals surface area contributed by atoms with Crippen LogP contribution < -0.4 is 0 Å². The van der Waals surface area contributed by atoms with Gasteiger partial charge in [0.2, 0.25) is 0 Å². The van der Waals surface area contributed by atoms with Gasteiger partial charge in [0.15, 0.2) is 5.78 Å². The van der Waals surface area contributed by atoms with Crippen LogP contribution >= 0.6 is 15.9 Å². The SMILES string of the molecule is CC1(C)c2ccccc2C(=O)c2c(Br)cccc21. The van der Waals surface area contributed by atoms with Crippen LogP contribution in [0.15, 0.2) is 46.9 Å². The molecule has 1 aliphatic rings. The summed E-state index contributed by atoms with van der Waals surface area (Å²) in [6, 6.07) is 13.9. The number of hydrogen-bond acceptors (Lipinski definition) is 1. The number of rotatable bonds is 0. The molecule has 18 heavy (non-hydrogen) atoms. The smallest absolute Gasteiger partial charge is 0.194 e. The summed E-state index contributed by atoms with van der Waals surface area (Å²) in [7, 11) is 0. The van der Waals surface area contributed by atoms with Gasteiger partial charge in [-0.1, -0.05) is 66.2 Å². The van der Waals surface area contributed by atoms with Crippen LogP contribution in [0, 0.1) is 0 Å². The third kappa shape index (κ3) is 1.42. The Kier molecular flexibility index (Phi) is 2.46. The van der Waals surface area contributed by atoms with E-state index in [0.29, 0.717) is 0 Å². The number of benzene rings is 2. The molecule has 0 spiro atoms. The second kappa shape index (κ2) is 3.79. The summed E-state index contributed by atoms with van der Waals surface area (Å²) in [4.78, 5) is 12.6. The van der Waals surface area contributed by atoms with Gasteiger partial charge in [-0.25, -0.2) is 0 Å². The zero-order chi connectivity index (χ0) is 12.9. The van der Waals surface area contributed by atoms with Crippen LogP contribution in [-0.2, 0) is 5.41 Å². The van der Waals surface area contributed by atoms with Crippen molar-refractivity contribution in [2.45, 2.75) is 19.3 Å². The number of carbonyl (C=O) groups excluding carboxylic acids is 1. The van der Waals surface area contributed by atoms with Crippen molar-refractivity contribution in [1.82, 2.24) is 0 Å². The first-order valence-corrected chi connectivity index (χ1v) is 6.76. The van der Waals surface area contributed by atoms with Crippen molar-refractivity contribution in [2.24, 2.45) is 0 Å². The zero-order valence-electron chi connectivity index (χ0n) is 10.3. The Hall–Kier alpha value is -1.41. The topological polar surface area (TPSA) is 17.1 Å². The largest absolute Gasteiger partial charge is 0.289 e. The molecule has 0 atom stereocenters. The van der Waals surface area contributed by atoms with Crippen LogP contribution in [0.2, 0.25) is 0 Å². The van der Waals surface area contributed by atoms with Crippen LogP contribution in [0.5, 0.6) is 0 Å². The van der Waals surface area contributed by atoms with E-state index in [4.69, 9.17) is 0 Å². The Bertz CT molecular complexity index is 656. The van der Waals surface area contributed by atoms with Gasteiger partial charge in [0, 0.05) is 21.0 Å². The molecule has 3 rings (SSSR count). The van der Waals surface area contributed by atoms with Crippen LogP contribution in [0.1, 0.15) is 40.9 Å². The summed E-state index contributed by atoms with van der Waals surface area (Å²) >= 11 is 3.51. The molecule has 2 aromatic carbocycles. The third-order valence-corrected chi connectivity index (χ3v) is 4.42. The molecule has 0 saturated carbocycles. The highest BCUT2D eigenvalue weighted by atomic mass is 79.9. The van der Waals surface area contributed by atoms with Gasteiger partial charge < -0.3 is 0 Å². The summed E-state index contributed by atoms with van der Waals surface area (Å²) in [5.74, 6) is 0.118. The fraction of sp³-hybridized carbons (Fsp3) is 0.188. The molecule has 0 bridgehead atoms. The van der Waals surface area contributed by atoms with Gasteiger partial charge in [-0.15, -0.1) is 0 Å². The Balaban J connectivity index is 2.41. The molecule has 0 aromatic heterocycles. The van der Waals surface area contributed by atoms with Crippen molar-refractivity contribution in [3.8, 4) is 0 Å². The highest BCUT2D eigenvalue weighted by Gasteiger charge is 2.37. The molecule has 0 amide bonds. The maximum Gasteiger partial charge on any atom is 0.194 e. The van der Waals surface area contributed by atoms with Gasteiger partial charge in [0.05, 0.1) is 0 Å². The van der Waals surface area contributed by atoms with E-state index in [0.717, 1.165) is 26.7 Å². The maximum atomic E-state index is 12.6. The van der Waals surface area contributed by atoms with Crippen molar-refractivity contribution in [2.75, 3.05) is 0 Å². The van der Waals surface area contributed by atoms with Gasteiger partial charge in [0.25, 0.3) is 0 Å². The van der Waals surface area contributed by atoms with Crippen LogP contribution in [0.25, 0.3) is 0 Å². The first-order valence-electron chi connectivity index (χ1n) is 5.96. The second-order valence-corrected chi connectivity index (χ2v) is 6.02. The number of halogens is 1. The minimum Gasteiger partial charge on any atom is -0.289 e. The summed E-state index contributed by atoms with van der Waals surface area (Å²) < 4.78 is 0.882. The standard InChI is InChI=1S/C16H13BrO/c1-16(2)11-7-4-3-6-10(11)15(18)14-12(16)8-5-9-13(14)17/h3-9H,1-2H3. The summed E-state index contributed by atoms with van der Waals surface area (Å²) in [6.07, 6.45) is 0. The fourth-order valence-corrected chi connectivity index (χ4v) is 3.33. The van der Waals surface area contributed by atoms with E-state index < -0.39 is 0 Å². The molecule has 0 N–H and O–H groups in total. The van der Waals surface area contributed by atoms with Gasteiger partial charge in [-0.05, 0) is 17.2 Å². The third-order valence-electron chi connectivity index (χ3n) is 3.76. The number of ketones is 1. The highest BCUT2D eigenvalue weighted by molar-refractivity contribution is 9.10. The zero-order valence-corrected chi connectivity index (χ0v) is 11.9. The molecular weight excluding hydrogens is 288 g/mol. The Morgan fingerprint density at radius 3 is 2.39 bits per heavy atom. The predicted octanol–water partition coefficient (Wildman–Crippen LogP) is 4.32. The lowest BCUT2D eigenvalue weighted by Crippen LogP contribution is -2.30. The molecule has 0 radical (unpaired) electrons. The first-order chi connectivity index (χ1) is 8.53. The summed E-state index contributed by atoms with van der Waals surface area (Å²) in [5, 5.41) is 0. The minimum atomic E-state index is -0.135. The van der Waals surface area contributed by atoms with E-state index in [2.05, 4.69) is 35.8 Å². The van der Waals surface area contributed by atoms with E-state index >= 15 is 0 Å². The maximum absolute atomic E-state index is 12.6. The molecule has 1 aliphatic carbocycles. The van der Waals surface area contributed by atoms with E-state index in [1.165, 1.54) is 0 Å². The van der Waals surface area contributed by atoms with E-state index in [-0.39, 0.29) is 11.2 Å². The van der Waals surface area contributed by atoms with Crippen molar-refractivity contribution >= 4 is 21.7 Å². The Morgan fingerprint density at radius 1 is 0.944 bits per heavy atom. The van der Waals surface area contributed by atoms with Crippen LogP contribution in [0.4, 0.5) is 0 Å². The normalized spacial score (nSPS) is 16.1. The number of hydrogen-bond donors (Lipinski definition) is 0. The number of carbonyl (C=O) groups is 1. The second-order valence-electron chi connectivity index (χ2n) is 5.16. The lowest BCUT2D eigenvalue weighted by molar-refractivity contribution is 0.103. The van der Waals surface area contributed by atoms with E-state index in [9.17, 15) is 4.79 Å². The number of fused-ring (bicyclic) bond motifs is 2. The van der Waals surface area contributed by atoms with E-state index in [1.807, 2.05) is 36.4 Å². The average molecular weight is 301 g/mol. The molecule has 2 aromatic rings. The lowest BCUT2D eigenvalue weighted by atomic mass is 9.68. The summed E-state index contributed by atoms with van der Waals surface area (Å²) in [6.45, 7) is 4.34. The van der Waals surface area contributed by atoms with Crippen molar-refractivity contribution in [3.05, 3.63) is 69.2 Å². The summed E-state index contributed by atoms with van der Waals surface area (Å²) in [5.41, 5.74) is 3.70. The van der Waals surface area contributed by atoms with Gasteiger partial charge in [-0.3, -0.25) is 4.79 Å². The molecule has 0 aliphatic heterocycles. The lowest BCUT2D eigenvalue weighted by Gasteiger charge is -2.34. The average Bonchev–Trinajstić information content (AvgIpc) is 2.36. The molecule has 90 valence electrons. The van der Waals surface area contributed by atoms with Gasteiger partial charge >= 0.3 is 0 Å². The Labute approximate surface area is 115 Å². The monoisotopic (exact) mass is 300 g/mol. The van der Waals surface area contributed by atoms with Gasteiger partial charge in [0.1, 0.15) is 0 Å².